The first-order chi connectivity index (χ1) is 9.11. The summed E-state index contributed by atoms with van der Waals surface area (Å²) in [5.41, 5.74) is 0.504. The van der Waals surface area contributed by atoms with Gasteiger partial charge >= 0.3 is 12.0 Å². The maximum absolute atomic E-state index is 11.4. The Hall–Kier alpha value is -2.68. The van der Waals surface area contributed by atoms with Gasteiger partial charge in [-0.05, 0) is 19.1 Å². The van der Waals surface area contributed by atoms with Crippen molar-refractivity contribution in [1.82, 2.24) is 5.32 Å². The molecule has 0 atom stereocenters. The number of benzene rings is 1. The number of amides is 2. The average Bonchev–Trinajstić information content (AvgIpc) is 2.37. The van der Waals surface area contributed by atoms with Crippen molar-refractivity contribution < 1.29 is 19.4 Å². The summed E-state index contributed by atoms with van der Waals surface area (Å²) in [6, 6.07) is 6.07. The number of urea groups is 1. The zero-order valence-corrected chi connectivity index (χ0v) is 10.4. The molecule has 1 aromatic carbocycles. The molecule has 0 unspecified atom stereocenters. The van der Waals surface area contributed by atoms with Gasteiger partial charge in [-0.1, -0.05) is 12.0 Å². The van der Waals surface area contributed by atoms with Crippen LogP contribution in [0.25, 0.3) is 0 Å². The number of hydrogen-bond donors (Lipinski definition) is 3. The average molecular weight is 262 g/mol. The third-order valence-electron chi connectivity index (χ3n) is 1.97. The Morgan fingerprint density at radius 2 is 2.21 bits per heavy atom. The minimum Gasteiger partial charge on any atom is -0.482 e. The number of aliphatic carboxylic acids is 1. The molecule has 2 amide bonds. The minimum atomic E-state index is -1.06. The second-order valence-electron chi connectivity index (χ2n) is 3.44. The number of ether oxygens (including phenoxy) is 1. The van der Waals surface area contributed by atoms with Crippen molar-refractivity contribution in [2.24, 2.45) is 0 Å². The molecule has 6 heteroatoms. The second-order valence-corrected chi connectivity index (χ2v) is 3.44. The maximum atomic E-state index is 11.4. The number of nitrogens with one attached hydrogen (secondary N) is 2. The zero-order chi connectivity index (χ0) is 14.1. The van der Waals surface area contributed by atoms with Gasteiger partial charge in [-0.25, -0.2) is 9.59 Å². The van der Waals surface area contributed by atoms with E-state index in [4.69, 9.17) is 9.84 Å². The van der Waals surface area contributed by atoms with E-state index >= 15 is 0 Å². The molecule has 0 saturated carbocycles. The SMILES string of the molecule is CC#CCNC(=O)Nc1cccc(OCC(=O)O)c1. The Labute approximate surface area is 110 Å². The molecule has 0 fully saturated rings. The van der Waals surface area contributed by atoms with E-state index in [-0.39, 0.29) is 6.54 Å². The number of anilines is 1. The molecule has 0 spiro atoms. The van der Waals surface area contributed by atoms with Crippen LogP contribution in [0.3, 0.4) is 0 Å². The summed E-state index contributed by atoms with van der Waals surface area (Å²) in [6.07, 6.45) is 0. The van der Waals surface area contributed by atoms with Crippen LogP contribution >= 0.6 is 0 Å². The molecule has 0 heterocycles. The molecule has 1 aromatic rings. The zero-order valence-electron chi connectivity index (χ0n) is 10.4. The molecule has 0 aromatic heterocycles. The Bertz CT molecular complexity index is 517. The summed E-state index contributed by atoms with van der Waals surface area (Å²) >= 11 is 0. The van der Waals surface area contributed by atoms with Gasteiger partial charge in [-0.2, -0.15) is 0 Å². The lowest BCUT2D eigenvalue weighted by atomic mass is 10.3. The van der Waals surface area contributed by atoms with Crippen LogP contribution in [0, 0.1) is 11.8 Å². The fourth-order valence-corrected chi connectivity index (χ4v) is 1.20. The smallest absolute Gasteiger partial charge is 0.341 e. The van der Waals surface area contributed by atoms with Gasteiger partial charge < -0.3 is 20.5 Å². The summed E-state index contributed by atoms with van der Waals surface area (Å²) in [5, 5.41) is 13.6. The normalized spacial score (nSPS) is 8.89. The van der Waals surface area contributed by atoms with Gasteiger partial charge in [0, 0.05) is 11.8 Å². The highest BCUT2D eigenvalue weighted by Crippen LogP contribution is 2.17. The van der Waals surface area contributed by atoms with Gasteiger partial charge in [-0.3, -0.25) is 0 Å². The van der Waals surface area contributed by atoms with Crippen LogP contribution in [0.15, 0.2) is 24.3 Å². The van der Waals surface area contributed by atoms with Crippen molar-refractivity contribution in [3.05, 3.63) is 24.3 Å². The fraction of sp³-hybridized carbons (Fsp3) is 0.231. The summed E-state index contributed by atoms with van der Waals surface area (Å²) < 4.78 is 4.99. The molecule has 1 rings (SSSR count). The number of carboxylic acids is 1. The fourth-order valence-electron chi connectivity index (χ4n) is 1.20. The van der Waals surface area contributed by atoms with E-state index in [0.29, 0.717) is 11.4 Å². The van der Waals surface area contributed by atoms with Crippen LogP contribution in [-0.4, -0.2) is 30.3 Å². The lowest BCUT2D eigenvalue weighted by Gasteiger charge is -2.08. The van der Waals surface area contributed by atoms with Crippen LogP contribution in [-0.2, 0) is 4.79 Å². The lowest BCUT2D eigenvalue weighted by Crippen LogP contribution is -2.28. The van der Waals surface area contributed by atoms with Crippen molar-refractivity contribution in [1.29, 1.82) is 0 Å². The Morgan fingerprint density at radius 3 is 2.89 bits per heavy atom. The van der Waals surface area contributed by atoms with Gasteiger partial charge in [0.05, 0.1) is 6.54 Å². The summed E-state index contributed by atoms with van der Waals surface area (Å²) in [6.45, 7) is 1.52. The monoisotopic (exact) mass is 262 g/mol. The second kappa shape index (κ2) is 7.61. The molecule has 19 heavy (non-hydrogen) atoms. The summed E-state index contributed by atoms with van der Waals surface area (Å²) in [4.78, 5) is 21.8. The van der Waals surface area contributed by atoms with E-state index in [0.717, 1.165) is 0 Å². The van der Waals surface area contributed by atoms with Gasteiger partial charge in [-0.15, -0.1) is 5.92 Å². The largest absolute Gasteiger partial charge is 0.482 e. The van der Waals surface area contributed by atoms with Gasteiger partial charge in [0.15, 0.2) is 6.61 Å². The first kappa shape index (κ1) is 14.4. The standard InChI is InChI=1S/C13H14N2O4/c1-2-3-7-14-13(18)15-10-5-4-6-11(8-10)19-9-12(16)17/h4-6,8H,7,9H2,1H3,(H,16,17)(H2,14,15,18). The Balaban J connectivity index is 2.53. The maximum Gasteiger partial charge on any atom is 0.341 e. The van der Waals surface area contributed by atoms with Crippen molar-refractivity contribution in [2.75, 3.05) is 18.5 Å². The van der Waals surface area contributed by atoms with Crippen molar-refractivity contribution >= 4 is 17.7 Å². The van der Waals surface area contributed by atoms with E-state index in [1.807, 2.05) is 0 Å². The molecule has 3 N–H and O–H groups in total. The molecular weight excluding hydrogens is 248 g/mol. The van der Waals surface area contributed by atoms with Gasteiger partial charge in [0.25, 0.3) is 0 Å². The van der Waals surface area contributed by atoms with E-state index in [9.17, 15) is 9.59 Å². The predicted molar refractivity (Wildman–Crippen MR) is 70.0 cm³/mol. The highest BCUT2D eigenvalue weighted by Gasteiger charge is 2.03. The molecular formula is C13H14N2O4. The van der Waals surface area contributed by atoms with Crippen LogP contribution in [0.2, 0.25) is 0 Å². The van der Waals surface area contributed by atoms with E-state index in [1.54, 1.807) is 25.1 Å². The van der Waals surface area contributed by atoms with Crippen molar-refractivity contribution in [3.63, 3.8) is 0 Å². The van der Waals surface area contributed by atoms with E-state index in [2.05, 4.69) is 22.5 Å². The number of carbonyl (C=O) groups excluding carboxylic acids is 1. The van der Waals surface area contributed by atoms with Crippen molar-refractivity contribution in [3.8, 4) is 17.6 Å². The number of carbonyl (C=O) groups is 2. The molecule has 0 bridgehead atoms. The Kier molecular flexibility index (Phi) is 5.76. The molecule has 0 saturated heterocycles. The highest BCUT2D eigenvalue weighted by atomic mass is 16.5. The van der Waals surface area contributed by atoms with Crippen LogP contribution < -0.4 is 15.4 Å². The molecule has 100 valence electrons. The van der Waals surface area contributed by atoms with E-state index in [1.165, 1.54) is 6.07 Å². The summed E-state index contributed by atoms with van der Waals surface area (Å²) in [5.74, 6) is 4.66. The Morgan fingerprint density at radius 1 is 1.42 bits per heavy atom. The van der Waals surface area contributed by atoms with Crippen LogP contribution in [0.4, 0.5) is 10.5 Å². The number of hydrogen-bond acceptors (Lipinski definition) is 3. The number of rotatable bonds is 5. The molecule has 0 aliphatic heterocycles. The van der Waals surface area contributed by atoms with E-state index < -0.39 is 18.6 Å². The lowest BCUT2D eigenvalue weighted by molar-refractivity contribution is -0.139. The van der Waals surface area contributed by atoms with Crippen LogP contribution in [0.5, 0.6) is 5.75 Å². The van der Waals surface area contributed by atoms with Crippen LogP contribution in [0.1, 0.15) is 6.92 Å². The molecule has 6 nitrogen and oxygen atoms in total. The topological polar surface area (TPSA) is 87.7 Å². The van der Waals surface area contributed by atoms with Gasteiger partial charge in [0.1, 0.15) is 5.75 Å². The predicted octanol–water partition coefficient (Wildman–Crippen LogP) is 1.29. The molecule has 0 aliphatic carbocycles. The highest BCUT2D eigenvalue weighted by molar-refractivity contribution is 5.89. The van der Waals surface area contributed by atoms with Gasteiger partial charge in [0.2, 0.25) is 0 Å². The third-order valence-corrected chi connectivity index (χ3v) is 1.97. The first-order valence-electron chi connectivity index (χ1n) is 5.51. The number of carboxylic acid groups (broad SMARTS) is 1. The third kappa shape index (κ3) is 5.98. The molecule has 0 aliphatic rings. The summed E-state index contributed by atoms with van der Waals surface area (Å²) in [7, 11) is 0. The quantitative estimate of drug-likeness (QED) is 0.698. The minimum absolute atomic E-state index is 0.261. The first-order valence-corrected chi connectivity index (χ1v) is 5.51. The molecule has 0 radical (unpaired) electrons. The van der Waals surface area contributed by atoms with Crippen molar-refractivity contribution in [2.45, 2.75) is 6.92 Å².